The lowest BCUT2D eigenvalue weighted by Gasteiger charge is -2.32. The average molecular weight is 324 g/mol. The van der Waals surface area contributed by atoms with Crippen LogP contribution < -0.4 is 0 Å². The van der Waals surface area contributed by atoms with Gasteiger partial charge >= 0.3 is 0 Å². The Balaban J connectivity index is 1.88. The molecule has 4 heteroatoms. The number of amides is 1. The summed E-state index contributed by atoms with van der Waals surface area (Å²) in [4.78, 5) is 20.2. The first kappa shape index (κ1) is 15.6. The molecule has 0 unspecified atom stereocenters. The monoisotopic (exact) mass is 324 g/mol. The zero-order chi connectivity index (χ0) is 16.7. The van der Waals surface area contributed by atoms with Gasteiger partial charge in [0.15, 0.2) is 0 Å². The summed E-state index contributed by atoms with van der Waals surface area (Å²) in [6, 6.07) is 6.25. The fourth-order valence-corrected chi connectivity index (χ4v) is 3.94. The van der Waals surface area contributed by atoms with Crippen LogP contribution in [0.3, 0.4) is 0 Å². The Morgan fingerprint density at radius 1 is 1.29 bits per heavy atom. The third-order valence-corrected chi connectivity index (χ3v) is 5.16. The number of hydrogen-bond acceptors (Lipinski definition) is 3. The lowest BCUT2D eigenvalue weighted by atomic mass is 9.89. The van der Waals surface area contributed by atoms with E-state index in [-0.39, 0.29) is 12.0 Å². The van der Waals surface area contributed by atoms with Gasteiger partial charge in [-0.1, -0.05) is 11.6 Å². The second kappa shape index (κ2) is 6.17. The number of rotatable bonds is 1. The number of ether oxygens (including phenoxy) is 1. The molecule has 126 valence electrons. The van der Waals surface area contributed by atoms with Gasteiger partial charge in [-0.15, -0.1) is 0 Å². The molecule has 0 bridgehead atoms. The number of morpholine rings is 1. The van der Waals surface area contributed by atoms with Crippen LogP contribution in [-0.2, 0) is 17.6 Å². The Morgan fingerprint density at radius 2 is 2.12 bits per heavy atom. The van der Waals surface area contributed by atoms with E-state index in [9.17, 15) is 4.79 Å². The van der Waals surface area contributed by atoms with Crippen molar-refractivity contribution in [1.82, 2.24) is 9.88 Å². The molecule has 1 atom stereocenters. The van der Waals surface area contributed by atoms with Crippen LogP contribution in [0.5, 0.6) is 0 Å². The van der Waals surface area contributed by atoms with E-state index in [1.54, 1.807) is 0 Å². The number of aromatic nitrogens is 1. The minimum absolute atomic E-state index is 0.105. The van der Waals surface area contributed by atoms with Crippen molar-refractivity contribution in [2.24, 2.45) is 0 Å². The summed E-state index contributed by atoms with van der Waals surface area (Å²) in [6.45, 7) is 6.07. The topological polar surface area (TPSA) is 42.4 Å². The van der Waals surface area contributed by atoms with Crippen LogP contribution in [0.2, 0.25) is 0 Å². The van der Waals surface area contributed by atoms with Crippen molar-refractivity contribution in [2.75, 3.05) is 19.7 Å². The largest absolute Gasteiger partial charge is 0.375 e. The van der Waals surface area contributed by atoms with Crippen molar-refractivity contribution in [2.45, 2.75) is 45.6 Å². The molecule has 0 radical (unpaired) electrons. The van der Waals surface area contributed by atoms with Crippen molar-refractivity contribution in [3.8, 4) is 0 Å². The van der Waals surface area contributed by atoms with E-state index < -0.39 is 0 Å². The molecule has 0 spiro atoms. The van der Waals surface area contributed by atoms with Gasteiger partial charge in [0.1, 0.15) is 0 Å². The molecule has 0 N–H and O–H groups in total. The van der Waals surface area contributed by atoms with Crippen molar-refractivity contribution >= 4 is 16.8 Å². The van der Waals surface area contributed by atoms with Crippen LogP contribution in [0.4, 0.5) is 0 Å². The Hall–Kier alpha value is -1.94. The van der Waals surface area contributed by atoms with E-state index in [0.717, 1.165) is 41.4 Å². The van der Waals surface area contributed by atoms with E-state index in [1.165, 1.54) is 17.5 Å². The van der Waals surface area contributed by atoms with Gasteiger partial charge < -0.3 is 9.64 Å². The number of carbonyl (C=O) groups excluding carboxylic acids is 1. The lowest BCUT2D eigenvalue weighted by molar-refractivity contribution is -0.0124. The quantitative estimate of drug-likeness (QED) is 0.808. The van der Waals surface area contributed by atoms with Gasteiger partial charge in [-0.05, 0) is 57.2 Å². The van der Waals surface area contributed by atoms with Crippen molar-refractivity contribution in [3.05, 3.63) is 40.6 Å². The Labute approximate surface area is 142 Å². The molecule has 0 saturated carbocycles. The minimum atomic E-state index is 0.105. The number of pyridine rings is 1. The predicted molar refractivity (Wildman–Crippen MR) is 94.4 cm³/mol. The first-order chi connectivity index (χ1) is 11.6. The highest BCUT2D eigenvalue weighted by molar-refractivity contribution is 6.08. The zero-order valence-electron chi connectivity index (χ0n) is 14.5. The van der Waals surface area contributed by atoms with E-state index in [0.29, 0.717) is 19.7 Å². The van der Waals surface area contributed by atoms with Gasteiger partial charge in [0.25, 0.3) is 5.91 Å². The molecule has 1 saturated heterocycles. The molecule has 2 aliphatic rings. The number of aryl methyl sites for hydroxylation is 2. The van der Waals surface area contributed by atoms with Crippen LogP contribution in [-0.4, -0.2) is 41.6 Å². The highest BCUT2D eigenvalue weighted by atomic mass is 16.5. The number of nitrogens with zero attached hydrogens (tertiary/aromatic N) is 2. The van der Waals surface area contributed by atoms with Crippen molar-refractivity contribution in [1.29, 1.82) is 0 Å². The molecular weight excluding hydrogens is 300 g/mol. The first-order valence-corrected chi connectivity index (χ1v) is 8.96. The molecule has 4 nitrogen and oxygen atoms in total. The second-order valence-electron chi connectivity index (χ2n) is 7.07. The molecule has 4 rings (SSSR count). The van der Waals surface area contributed by atoms with Crippen LogP contribution in [0.15, 0.2) is 18.2 Å². The maximum atomic E-state index is 13.4. The molecular formula is C20H24N2O2. The number of benzene rings is 1. The zero-order valence-corrected chi connectivity index (χ0v) is 14.5. The van der Waals surface area contributed by atoms with E-state index in [2.05, 4.69) is 25.1 Å². The third-order valence-electron chi connectivity index (χ3n) is 5.16. The number of hydrogen-bond donors (Lipinski definition) is 0. The third kappa shape index (κ3) is 2.69. The maximum Gasteiger partial charge on any atom is 0.255 e. The summed E-state index contributed by atoms with van der Waals surface area (Å²) < 4.78 is 5.61. The fourth-order valence-electron chi connectivity index (χ4n) is 3.94. The van der Waals surface area contributed by atoms with E-state index in [4.69, 9.17) is 9.72 Å². The molecule has 2 aromatic rings. The highest BCUT2D eigenvalue weighted by Gasteiger charge is 2.28. The van der Waals surface area contributed by atoms with Crippen molar-refractivity contribution < 1.29 is 9.53 Å². The summed E-state index contributed by atoms with van der Waals surface area (Å²) in [7, 11) is 0. The van der Waals surface area contributed by atoms with Gasteiger partial charge in [0.05, 0.1) is 23.8 Å². The van der Waals surface area contributed by atoms with Crippen LogP contribution in [0, 0.1) is 6.92 Å². The van der Waals surface area contributed by atoms with Gasteiger partial charge in [-0.25, -0.2) is 0 Å². The molecule has 24 heavy (non-hydrogen) atoms. The van der Waals surface area contributed by atoms with Crippen LogP contribution in [0.1, 0.15) is 46.9 Å². The van der Waals surface area contributed by atoms with Crippen LogP contribution in [0.25, 0.3) is 10.9 Å². The number of fused-ring (bicyclic) bond motifs is 2. The van der Waals surface area contributed by atoms with Crippen LogP contribution >= 0.6 is 0 Å². The summed E-state index contributed by atoms with van der Waals surface area (Å²) >= 11 is 0. The minimum Gasteiger partial charge on any atom is -0.375 e. The maximum absolute atomic E-state index is 13.4. The van der Waals surface area contributed by atoms with Gasteiger partial charge in [-0.2, -0.15) is 0 Å². The summed E-state index contributed by atoms with van der Waals surface area (Å²) in [5, 5.41) is 1.01. The standard InChI is InChI=1S/C20H24N2O2/c1-13-7-8-18-16(11-13)19(15-5-3-4-6-17(15)21-18)20(23)22-9-10-24-14(2)12-22/h7-8,11,14H,3-6,9-10,12H2,1-2H3/t14-/m1/s1. The molecule has 1 amide bonds. The Bertz CT molecular complexity index is 800. The Kier molecular flexibility index (Phi) is 4.01. The highest BCUT2D eigenvalue weighted by Crippen LogP contribution is 2.31. The molecule has 1 fully saturated rings. The predicted octanol–water partition coefficient (Wildman–Crippen LogP) is 3.28. The number of carbonyl (C=O) groups is 1. The molecule has 1 aromatic heterocycles. The van der Waals surface area contributed by atoms with E-state index >= 15 is 0 Å². The smallest absolute Gasteiger partial charge is 0.255 e. The molecule has 1 aromatic carbocycles. The molecule has 2 heterocycles. The molecule has 1 aliphatic carbocycles. The molecule has 1 aliphatic heterocycles. The van der Waals surface area contributed by atoms with Gasteiger partial charge in [0.2, 0.25) is 0 Å². The second-order valence-corrected chi connectivity index (χ2v) is 7.07. The summed E-state index contributed by atoms with van der Waals surface area (Å²) in [5.74, 6) is 0.154. The average Bonchev–Trinajstić information content (AvgIpc) is 2.59. The first-order valence-electron chi connectivity index (χ1n) is 8.96. The summed E-state index contributed by atoms with van der Waals surface area (Å²) in [6.07, 6.45) is 4.37. The lowest BCUT2D eigenvalue weighted by Crippen LogP contribution is -2.45. The van der Waals surface area contributed by atoms with Crippen molar-refractivity contribution in [3.63, 3.8) is 0 Å². The fraction of sp³-hybridized carbons (Fsp3) is 0.500. The normalized spacial score (nSPS) is 20.9. The summed E-state index contributed by atoms with van der Waals surface area (Å²) in [5.41, 5.74) is 5.33. The SMILES string of the molecule is Cc1ccc2nc3c(c(C(=O)N4CCO[C@H](C)C4)c2c1)CCCC3. The van der Waals surface area contributed by atoms with Gasteiger partial charge in [-0.3, -0.25) is 9.78 Å². The Morgan fingerprint density at radius 3 is 2.96 bits per heavy atom. The van der Waals surface area contributed by atoms with E-state index in [1.807, 2.05) is 11.8 Å². The van der Waals surface area contributed by atoms with Gasteiger partial charge in [0, 0.05) is 24.2 Å².